The van der Waals surface area contributed by atoms with Gasteiger partial charge in [-0.2, -0.15) is 0 Å². The predicted octanol–water partition coefficient (Wildman–Crippen LogP) is 7.15. The molecule has 0 radical (unpaired) electrons. The molecule has 0 spiro atoms. The molecule has 3 heteroatoms. The fourth-order valence-corrected chi connectivity index (χ4v) is 9.08. The molecule has 0 bridgehead atoms. The van der Waals surface area contributed by atoms with Crippen LogP contribution in [0.15, 0.2) is 22.8 Å². The van der Waals surface area contributed by atoms with Crippen LogP contribution in [0.2, 0.25) is 0 Å². The Kier molecular flexibility index (Phi) is 6.23. The summed E-state index contributed by atoms with van der Waals surface area (Å²) in [5.74, 6) is 1.48. The molecule has 2 fully saturated rings. The third-order valence-electron chi connectivity index (χ3n) is 11.0. The summed E-state index contributed by atoms with van der Waals surface area (Å²) in [7, 11) is 0. The Morgan fingerprint density at radius 1 is 1.09 bits per heavy atom. The zero-order valence-corrected chi connectivity index (χ0v) is 21.3. The Bertz CT molecular complexity index is 820. The first-order valence-corrected chi connectivity index (χ1v) is 13.2. The van der Waals surface area contributed by atoms with Crippen LogP contribution in [0.5, 0.6) is 0 Å². The molecule has 0 amide bonds. The van der Waals surface area contributed by atoms with Gasteiger partial charge in [0.1, 0.15) is 0 Å². The van der Waals surface area contributed by atoms with Crippen LogP contribution in [-0.2, 0) is 4.79 Å². The third kappa shape index (κ3) is 3.44. The Labute approximate surface area is 195 Å². The van der Waals surface area contributed by atoms with Gasteiger partial charge in [-0.15, -0.1) is 0 Å². The van der Waals surface area contributed by atoms with E-state index in [-0.39, 0.29) is 11.3 Å². The minimum Gasteiger partial charge on any atom is -0.481 e. The van der Waals surface area contributed by atoms with Gasteiger partial charge in [0.15, 0.2) is 0 Å². The van der Waals surface area contributed by atoms with Crippen LogP contribution in [-0.4, -0.2) is 22.3 Å². The molecule has 2 N–H and O–H groups in total. The number of carbonyl (C=O) groups is 1. The van der Waals surface area contributed by atoms with Gasteiger partial charge in [0.25, 0.3) is 0 Å². The SMILES string of the molecule is CC(C)=CCC[C@@H](C)[C@H]1CC[C@H]2C3=C(CC[C@]12C)[C@@]1(C)CC[C@H](O)[C@](C)(C(=O)O)[C@@H]1CC3. The van der Waals surface area contributed by atoms with Crippen molar-refractivity contribution in [3.63, 3.8) is 0 Å². The highest BCUT2D eigenvalue weighted by Gasteiger charge is 2.62. The van der Waals surface area contributed by atoms with Crippen LogP contribution in [0.1, 0.15) is 106 Å². The first kappa shape index (κ1) is 24.0. The number of fused-ring (bicyclic) bond motifs is 4. The van der Waals surface area contributed by atoms with Crippen molar-refractivity contribution in [2.45, 2.75) is 112 Å². The van der Waals surface area contributed by atoms with Crippen molar-refractivity contribution in [2.75, 3.05) is 0 Å². The average Bonchev–Trinajstić information content (AvgIpc) is 3.08. The Morgan fingerprint density at radius 2 is 1.81 bits per heavy atom. The Hall–Kier alpha value is -1.09. The molecular weight excluding hydrogens is 396 g/mol. The first-order chi connectivity index (χ1) is 15.0. The second-order valence-corrected chi connectivity index (χ2v) is 12.7. The summed E-state index contributed by atoms with van der Waals surface area (Å²) in [5.41, 5.74) is 4.06. The third-order valence-corrected chi connectivity index (χ3v) is 11.0. The number of hydrogen-bond donors (Lipinski definition) is 2. The highest BCUT2D eigenvalue weighted by atomic mass is 16.4. The molecule has 8 atom stereocenters. The number of aliphatic carboxylic acids is 1. The van der Waals surface area contributed by atoms with Gasteiger partial charge in [-0.1, -0.05) is 43.6 Å². The monoisotopic (exact) mass is 442 g/mol. The molecule has 0 unspecified atom stereocenters. The molecule has 4 aliphatic carbocycles. The van der Waals surface area contributed by atoms with Gasteiger partial charge in [0.05, 0.1) is 11.5 Å². The number of carboxylic acids is 1. The summed E-state index contributed by atoms with van der Waals surface area (Å²) >= 11 is 0. The molecular formula is C29H46O3. The zero-order chi connectivity index (χ0) is 23.5. The standard InChI is InChI=1S/C29H46O3/c1-18(2)8-7-9-19(3)21-11-12-22-20-10-13-24-28(5,23(20)14-16-27(21,22)4)17-15-25(30)29(24,6)26(31)32/h8,19,21-22,24-25,30H,7,9-17H2,1-6H3,(H,31,32)/t19-,21-,22+,24-,25+,27-,28-,29-/m1/s1. The molecule has 3 nitrogen and oxygen atoms in total. The summed E-state index contributed by atoms with van der Waals surface area (Å²) in [6.45, 7) is 13.6. The lowest BCUT2D eigenvalue weighted by Crippen LogP contribution is -2.58. The van der Waals surface area contributed by atoms with Crippen LogP contribution < -0.4 is 0 Å². The van der Waals surface area contributed by atoms with Crippen molar-refractivity contribution in [2.24, 2.45) is 39.9 Å². The summed E-state index contributed by atoms with van der Waals surface area (Å²) in [5, 5.41) is 20.9. The summed E-state index contributed by atoms with van der Waals surface area (Å²) in [4.78, 5) is 12.3. The summed E-state index contributed by atoms with van der Waals surface area (Å²) < 4.78 is 0. The van der Waals surface area contributed by atoms with E-state index in [1.807, 2.05) is 6.92 Å². The minimum atomic E-state index is -1.02. The van der Waals surface area contributed by atoms with Crippen molar-refractivity contribution in [3.05, 3.63) is 22.8 Å². The van der Waals surface area contributed by atoms with Crippen LogP contribution >= 0.6 is 0 Å². The highest BCUT2D eigenvalue weighted by Crippen LogP contribution is 2.68. The van der Waals surface area contributed by atoms with Gasteiger partial charge in [-0.25, -0.2) is 0 Å². The van der Waals surface area contributed by atoms with E-state index in [0.717, 1.165) is 37.5 Å². The van der Waals surface area contributed by atoms with Gasteiger partial charge in [-0.05, 0) is 119 Å². The molecule has 2 saturated carbocycles. The quantitative estimate of drug-likeness (QED) is 0.444. The maximum atomic E-state index is 12.3. The van der Waals surface area contributed by atoms with E-state index in [1.165, 1.54) is 37.7 Å². The maximum absolute atomic E-state index is 12.3. The van der Waals surface area contributed by atoms with E-state index in [0.29, 0.717) is 17.8 Å². The molecule has 4 aliphatic rings. The molecule has 0 aromatic rings. The minimum absolute atomic E-state index is 0.0413. The number of carboxylic acid groups (broad SMARTS) is 1. The number of allylic oxidation sites excluding steroid dienone is 4. The van der Waals surface area contributed by atoms with Crippen molar-refractivity contribution in [1.29, 1.82) is 0 Å². The molecule has 0 saturated heterocycles. The van der Waals surface area contributed by atoms with Crippen LogP contribution in [0.3, 0.4) is 0 Å². The van der Waals surface area contributed by atoms with Gasteiger partial charge in [-0.3, -0.25) is 4.79 Å². The van der Waals surface area contributed by atoms with E-state index in [1.54, 1.807) is 11.1 Å². The maximum Gasteiger partial charge on any atom is 0.312 e. The van der Waals surface area contributed by atoms with Crippen LogP contribution in [0, 0.1) is 39.9 Å². The summed E-state index contributed by atoms with van der Waals surface area (Å²) in [6, 6.07) is 0. The van der Waals surface area contributed by atoms with E-state index >= 15 is 0 Å². The fourth-order valence-electron chi connectivity index (χ4n) is 9.08. The molecule has 0 heterocycles. The van der Waals surface area contributed by atoms with E-state index < -0.39 is 17.5 Å². The summed E-state index contributed by atoms with van der Waals surface area (Å²) in [6.07, 6.45) is 12.7. The number of aliphatic hydroxyl groups is 1. The molecule has 180 valence electrons. The lowest BCUT2D eigenvalue weighted by atomic mass is 9.45. The van der Waals surface area contributed by atoms with E-state index in [4.69, 9.17) is 0 Å². The largest absolute Gasteiger partial charge is 0.481 e. The smallest absolute Gasteiger partial charge is 0.312 e. The number of aliphatic hydroxyl groups excluding tert-OH is 1. The van der Waals surface area contributed by atoms with Gasteiger partial charge >= 0.3 is 5.97 Å². The predicted molar refractivity (Wildman–Crippen MR) is 130 cm³/mol. The molecule has 32 heavy (non-hydrogen) atoms. The van der Waals surface area contributed by atoms with Crippen molar-refractivity contribution in [3.8, 4) is 0 Å². The lowest BCUT2D eigenvalue weighted by Gasteiger charge is -2.59. The van der Waals surface area contributed by atoms with E-state index in [2.05, 4.69) is 40.7 Å². The zero-order valence-electron chi connectivity index (χ0n) is 21.3. The molecule has 0 aromatic heterocycles. The number of rotatable bonds is 5. The van der Waals surface area contributed by atoms with Gasteiger partial charge in [0, 0.05) is 0 Å². The van der Waals surface area contributed by atoms with Gasteiger partial charge < -0.3 is 10.2 Å². The van der Waals surface area contributed by atoms with E-state index in [9.17, 15) is 15.0 Å². The van der Waals surface area contributed by atoms with Crippen molar-refractivity contribution < 1.29 is 15.0 Å². The second kappa shape index (κ2) is 8.29. The average molecular weight is 443 g/mol. The second-order valence-electron chi connectivity index (χ2n) is 12.7. The normalized spacial score (nSPS) is 44.3. The fraction of sp³-hybridized carbons (Fsp3) is 0.828. The van der Waals surface area contributed by atoms with Crippen molar-refractivity contribution in [1.82, 2.24) is 0 Å². The van der Waals surface area contributed by atoms with Gasteiger partial charge in [0.2, 0.25) is 0 Å². The Balaban J connectivity index is 1.62. The molecule has 0 aromatic carbocycles. The Morgan fingerprint density at radius 3 is 2.47 bits per heavy atom. The van der Waals surface area contributed by atoms with Crippen LogP contribution in [0.4, 0.5) is 0 Å². The van der Waals surface area contributed by atoms with Crippen LogP contribution in [0.25, 0.3) is 0 Å². The lowest BCUT2D eigenvalue weighted by molar-refractivity contribution is -0.175. The number of hydrogen-bond acceptors (Lipinski definition) is 2. The molecule has 0 aliphatic heterocycles. The highest BCUT2D eigenvalue weighted by molar-refractivity contribution is 5.76. The topological polar surface area (TPSA) is 57.5 Å². The molecule has 4 rings (SSSR count). The first-order valence-electron chi connectivity index (χ1n) is 13.2. The van der Waals surface area contributed by atoms with Crippen molar-refractivity contribution >= 4 is 5.97 Å².